The van der Waals surface area contributed by atoms with Gasteiger partial charge in [-0.25, -0.2) is 0 Å². The molecule has 124 valence electrons. The number of allylic oxidation sites excluding steroid dienone is 1. The number of benzene rings is 1. The van der Waals surface area contributed by atoms with Gasteiger partial charge in [-0.1, -0.05) is 42.5 Å². The van der Waals surface area contributed by atoms with Gasteiger partial charge in [-0.3, -0.25) is 0 Å². The fourth-order valence-electron chi connectivity index (χ4n) is 1.99. The molecule has 1 rings (SSSR count). The smallest absolute Gasteiger partial charge is 0.0812 e. The van der Waals surface area contributed by atoms with Crippen molar-refractivity contribution in [3.8, 4) is 0 Å². The minimum Gasteiger partial charge on any atom is -0.392 e. The van der Waals surface area contributed by atoms with Crippen molar-refractivity contribution in [1.29, 1.82) is 0 Å². The van der Waals surface area contributed by atoms with E-state index in [-0.39, 0.29) is 12.7 Å². The van der Waals surface area contributed by atoms with Crippen molar-refractivity contribution in [2.45, 2.75) is 32.5 Å². The highest BCUT2D eigenvalue weighted by atomic mass is 16.5. The number of aliphatic hydroxyl groups excluding tert-OH is 1. The Hall–Kier alpha value is -1.20. The fraction of sp³-hybridized carbons (Fsp3) is 0.556. The number of ether oxygens (including phenoxy) is 3. The van der Waals surface area contributed by atoms with Crippen LogP contribution in [-0.2, 0) is 20.8 Å². The number of hydrogen-bond acceptors (Lipinski definition) is 4. The maximum Gasteiger partial charge on any atom is 0.0812 e. The van der Waals surface area contributed by atoms with Gasteiger partial charge in [-0.2, -0.15) is 0 Å². The molecule has 0 saturated heterocycles. The van der Waals surface area contributed by atoms with Crippen LogP contribution in [0.5, 0.6) is 0 Å². The van der Waals surface area contributed by atoms with E-state index in [0.29, 0.717) is 33.0 Å². The first-order chi connectivity index (χ1) is 10.9. The molecule has 22 heavy (non-hydrogen) atoms. The highest BCUT2D eigenvalue weighted by Gasteiger charge is 2.09. The van der Waals surface area contributed by atoms with Crippen molar-refractivity contribution < 1.29 is 19.3 Å². The third-order valence-electron chi connectivity index (χ3n) is 3.13. The average Bonchev–Trinajstić information content (AvgIpc) is 2.56. The van der Waals surface area contributed by atoms with Crippen LogP contribution < -0.4 is 0 Å². The molecule has 0 unspecified atom stereocenters. The molecule has 1 aromatic rings. The van der Waals surface area contributed by atoms with Crippen LogP contribution in [0, 0.1) is 0 Å². The van der Waals surface area contributed by atoms with Gasteiger partial charge in [-0.15, -0.1) is 0 Å². The maximum absolute atomic E-state index is 8.74. The van der Waals surface area contributed by atoms with E-state index >= 15 is 0 Å². The lowest BCUT2D eigenvalue weighted by atomic mass is 10.2. The lowest BCUT2D eigenvalue weighted by molar-refractivity contribution is -0.0433. The van der Waals surface area contributed by atoms with Crippen molar-refractivity contribution in [2.24, 2.45) is 0 Å². The van der Waals surface area contributed by atoms with Gasteiger partial charge in [0.2, 0.25) is 0 Å². The molecule has 1 atom stereocenters. The summed E-state index contributed by atoms with van der Waals surface area (Å²) in [5.41, 5.74) is 1.16. The van der Waals surface area contributed by atoms with Crippen LogP contribution in [0.4, 0.5) is 0 Å². The zero-order valence-electron chi connectivity index (χ0n) is 13.4. The molecular formula is C18H28O4. The Bertz CT molecular complexity index is 378. The summed E-state index contributed by atoms with van der Waals surface area (Å²) < 4.78 is 16.9. The van der Waals surface area contributed by atoms with Crippen LogP contribution in [0.2, 0.25) is 0 Å². The second kappa shape index (κ2) is 13.5. The second-order valence-electron chi connectivity index (χ2n) is 4.92. The Kier molecular flexibility index (Phi) is 11.5. The van der Waals surface area contributed by atoms with E-state index in [4.69, 9.17) is 19.3 Å². The van der Waals surface area contributed by atoms with E-state index < -0.39 is 0 Å². The molecular weight excluding hydrogens is 280 g/mol. The second-order valence-corrected chi connectivity index (χ2v) is 4.92. The molecule has 0 aromatic heterocycles. The lowest BCUT2D eigenvalue weighted by Gasteiger charge is -2.17. The van der Waals surface area contributed by atoms with Gasteiger partial charge in [-0.05, 0) is 25.3 Å². The van der Waals surface area contributed by atoms with Crippen LogP contribution in [0.15, 0.2) is 42.5 Å². The summed E-state index contributed by atoms with van der Waals surface area (Å²) >= 11 is 0. The Morgan fingerprint density at radius 3 is 2.64 bits per heavy atom. The predicted octanol–water partition coefficient (Wildman–Crippen LogP) is 2.95. The Labute approximate surface area is 133 Å². The summed E-state index contributed by atoms with van der Waals surface area (Å²) in [4.78, 5) is 0. The van der Waals surface area contributed by atoms with Gasteiger partial charge in [0.15, 0.2) is 0 Å². The van der Waals surface area contributed by atoms with E-state index in [1.54, 1.807) is 6.08 Å². The Balaban J connectivity index is 2.27. The molecule has 4 nitrogen and oxygen atoms in total. The first-order valence-corrected chi connectivity index (χ1v) is 7.93. The quantitative estimate of drug-likeness (QED) is 0.449. The first kappa shape index (κ1) is 18.8. The van der Waals surface area contributed by atoms with Gasteiger partial charge in [0.05, 0.1) is 39.1 Å². The molecule has 1 aromatic carbocycles. The molecule has 0 aliphatic rings. The zero-order chi connectivity index (χ0) is 15.9. The molecule has 0 bridgehead atoms. The third kappa shape index (κ3) is 9.68. The summed E-state index contributed by atoms with van der Waals surface area (Å²) in [5, 5.41) is 8.74. The van der Waals surface area contributed by atoms with Gasteiger partial charge in [0.25, 0.3) is 0 Å². The SMILES string of the molecule is CCOCCO[C@H](CC/C=C/CO)COCc1ccccc1. The average molecular weight is 308 g/mol. The highest BCUT2D eigenvalue weighted by molar-refractivity contribution is 5.13. The molecule has 0 radical (unpaired) electrons. The van der Waals surface area contributed by atoms with Gasteiger partial charge >= 0.3 is 0 Å². The van der Waals surface area contributed by atoms with E-state index in [1.165, 1.54) is 0 Å². The minimum absolute atomic E-state index is 0.0486. The van der Waals surface area contributed by atoms with Crippen molar-refractivity contribution in [2.75, 3.05) is 33.0 Å². The van der Waals surface area contributed by atoms with Crippen molar-refractivity contribution in [3.05, 3.63) is 48.0 Å². The van der Waals surface area contributed by atoms with Crippen LogP contribution in [0.25, 0.3) is 0 Å². The fourth-order valence-corrected chi connectivity index (χ4v) is 1.99. The van der Waals surface area contributed by atoms with Crippen molar-refractivity contribution >= 4 is 0 Å². The van der Waals surface area contributed by atoms with Crippen LogP contribution in [0.3, 0.4) is 0 Å². The van der Waals surface area contributed by atoms with E-state index in [2.05, 4.69) is 12.1 Å². The normalized spacial score (nSPS) is 12.8. The predicted molar refractivity (Wildman–Crippen MR) is 87.8 cm³/mol. The first-order valence-electron chi connectivity index (χ1n) is 7.93. The van der Waals surface area contributed by atoms with Gasteiger partial charge in [0.1, 0.15) is 0 Å². The standard InChI is InChI=1S/C18H28O4/c1-2-20-13-14-22-18(11-7-4-8-12-19)16-21-15-17-9-5-3-6-10-17/h3-6,8-10,18-19H,2,7,11-16H2,1H3/b8-4+/t18-/m1/s1. The van der Waals surface area contributed by atoms with Crippen LogP contribution in [-0.4, -0.2) is 44.2 Å². The Morgan fingerprint density at radius 2 is 1.91 bits per heavy atom. The van der Waals surface area contributed by atoms with Crippen LogP contribution >= 0.6 is 0 Å². The van der Waals surface area contributed by atoms with Gasteiger partial charge in [0, 0.05) is 6.61 Å². The zero-order valence-corrected chi connectivity index (χ0v) is 13.4. The summed E-state index contributed by atoms with van der Waals surface area (Å²) in [7, 11) is 0. The summed E-state index contributed by atoms with van der Waals surface area (Å²) in [5.74, 6) is 0. The molecule has 0 aliphatic carbocycles. The summed E-state index contributed by atoms with van der Waals surface area (Å²) in [6.07, 6.45) is 5.51. The largest absolute Gasteiger partial charge is 0.392 e. The summed E-state index contributed by atoms with van der Waals surface area (Å²) in [6, 6.07) is 10.1. The molecule has 0 aliphatic heterocycles. The molecule has 4 heteroatoms. The lowest BCUT2D eigenvalue weighted by Crippen LogP contribution is -2.22. The molecule has 0 saturated carbocycles. The number of rotatable bonds is 13. The number of aliphatic hydroxyl groups is 1. The molecule has 0 spiro atoms. The number of hydrogen-bond donors (Lipinski definition) is 1. The van der Waals surface area contributed by atoms with Crippen LogP contribution in [0.1, 0.15) is 25.3 Å². The van der Waals surface area contributed by atoms with E-state index in [1.807, 2.05) is 31.2 Å². The highest BCUT2D eigenvalue weighted by Crippen LogP contribution is 2.07. The molecule has 1 N–H and O–H groups in total. The van der Waals surface area contributed by atoms with Crippen molar-refractivity contribution in [3.63, 3.8) is 0 Å². The Morgan fingerprint density at radius 1 is 1.09 bits per heavy atom. The monoisotopic (exact) mass is 308 g/mol. The topological polar surface area (TPSA) is 47.9 Å². The summed E-state index contributed by atoms with van der Waals surface area (Å²) in [6.45, 7) is 5.11. The van der Waals surface area contributed by atoms with E-state index in [9.17, 15) is 0 Å². The van der Waals surface area contributed by atoms with E-state index in [0.717, 1.165) is 18.4 Å². The van der Waals surface area contributed by atoms with Crippen molar-refractivity contribution in [1.82, 2.24) is 0 Å². The molecule has 0 heterocycles. The molecule has 0 amide bonds. The minimum atomic E-state index is 0.0486. The third-order valence-corrected chi connectivity index (χ3v) is 3.13. The van der Waals surface area contributed by atoms with Gasteiger partial charge < -0.3 is 19.3 Å². The maximum atomic E-state index is 8.74. The molecule has 0 fully saturated rings.